The zero-order chi connectivity index (χ0) is 22.1. The zero-order valence-electron chi connectivity index (χ0n) is 17.5. The monoisotopic (exact) mass is 419 g/mol. The maximum absolute atomic E-state index is 13.9. The van der Waals surface area contributed by atoms with Crippen molar-refractivity contribution >= 4 is 5.97 Å². The molecular formula is C23H27F2NO4. The Hall–Kier alpha value is -2.70. The third-order valence-corrected chi connectivity index (χ3v) is 5.90. The number of carbonyl (C=O) groups is 1. The van der Waals surface area contributed by atoms with Gasteiger partial charge in [-0.2, -0.15) is 0 Å². The normalized spacial score (nSPS) is 18.2. The van der Waals surface area contributed by atoms with Crippen molar-refractivity contribution in [2.75, 3.05) is 6.61 Å². The van der Waals surface area contributed by atoms with Crippen LogP contribution in [0.3, 0.4) is 0 Å². The summed E-state index contributed by atoms with van der Waals surface area (Å²) >= 11 is 0. The van der Waals surface area contributed by atoms with Crippen LogP contribution in [0.5, 0.6) is 11.5 Å². The third-order valence-electron chi connectivity index (χ3n) is 5.90. The number of aromatic hydroxyl groups is 1. The molecule has 1 aliphatic carbocycles. The molecule has 0 radical (unpaired) electrons. The molecule has 162 valence electrons. The fourth-order valence-corrected chi connectivity index (χ4v) is 4.16. The van der Waals surface area contributed by atoms with Crippen LogP contribution >= 0.6 is 0 Å². The summed E-state index contributed by atoms with van der Waals surface area (Å²) in [4.78, 5) is 15.3. The quantitative estimate of drug-likeness (QED) is 0.684. The lowest BCUT2D eigenvalue weighted by atomic mass is 9.83. The molecule has 0 amide bonds. The van der Waals surface area contributed by atoms with E-state index in [1.807, 2.05) is 26.8 Å². The van der Waals surface area contributed by atoms with Crippen LogP contribution in [0.25, 0.3) is 0 Å². The highest BCUT2D eigenvalue weighted by atomic mass is 19.3. The first-order chi connectivity index (χ1) is 14.1. The van der Waals surface area contributed by atoms with Gasteiger partial charge in [-0.15, -0.1) is 0 Å². The molecule has 30 heavy (non-hydrogen) atoms. The molecule has 1 unspecified atom stereocenters. The van der Waals surface area contributed by atoms with Gasteiger partial charge < -0.3 is 14.9 Å². The van der Waals surface area contributed by atoms with Gasteiger partial charge in [-0.1, -0.05) is 0 Å². The van der Waals surface area contributed by atoms with E-state index in [4.69, 9.17) is 9.84 Å². The molecule has 1 fully saturated rings. The predicted molar refractivity (Wildman–Crippen MR) is 109 cm³/mol. The number of aryl methyl sites for hydroxylation is 1. The number of alkyl halides is 2. The maximum atomic E-state index is 13.9. The van der Waals surface area contributed by atoms with Gasteiger partial charge in [-0.05, 0) is 74.1 Å². The average Bonchev–Trinajstić information content (AvgIpc) is 2.67. The number of carboxylic acids is 1. The second-order valence-electron chi connectivity index (χ2n) is 8.14. The molecule has 1 aromatic heterocycles. The SMILES string of the molecule is Cc1cc(OCC(=O)O)c(C)c(C)c1Cc1ccc(O)c(C2CCCC(F)(F)C2)n1. The van der Waals surface area contributed by atoms with E-state index in [0.717, 1.165) is 22.3 Å². The van der Waals surface area contributed by atoms with Crippen LogP contribution in [0.15, 0.2) is 18.2 Å². The Morgan fingerprint density at radius 3 is 2.67 bits per heavy atom. The van der Waals surface area contributed by atoms with Crippen molar-refractivity contribution in [1.29, 1.82) is 0 Å². The highest BCUT2D eigenvalue weighted by Gasteiger charge is 2.38. The van der Waals surface area contributed by atoms with Crippen LogP contribution in [-0.2, 0) is 11.2 Å². The summed E-state index contributed by atoms with van der Waals surface area (Å²) in [5, 5.41) is 19.1. The van der Waals surface area contributed by atoms with Crippen LogP contribution in [0.2, 0.25) is 0 Å². The number of hydrogen-bond acceptors (Lipinski definition) is 4. The highest BCUT2D eigenvalue weighted by molar-refractivity contribution is 5.68. The Bertz CT molecular complexity index is 959. The van der Waals surface area contributed by atoms with E-state index in [2.05, 4.69) is 4.98 Å². The molecule has 1 saturated carbocycles. The Balaban J connectivity index is 1.88. The Labute approximate surface area is 174 Å². The summed E-state index contributed by atoms with van der Waals surface area (Å²) in [6.45, 7) is 5.32. The van der Waals surface area contributed by atoms with Gasteiger partial charge in [-0.25, -0.2) is 13.6 Å². The molecule has 2 aromatic rings. The van der Waals surface area contributed by atoms with Gasteiger partial charge in [0.2, 0.25) is 5.92 Å². The average molecular weight is 419 g/mol. The smallest absolute Gasteiger partial charge is 0.341 e. The molecule has 7 heteroatoms. The lowest BCUT2D eigenvalue weighted by Crippen LogP contribution is -2.25. The maximum Gasteiger partial charge on any atom is 0.341 e. The van der Waals surface area contributed by atoms with Crippen molar-refractivity contribution in [3.63, 3.8) is 0 Å². The number of rotatable bonds is 6. The number of pyridine rings is 1. The standard InChI is InChI=1S/C23H27F2NO4/c1-13-9-20(30-12-21(28)29)15(3)14(2)18(13)10-17-6-7-19(27)22(26-17)16-5-4-8-23(24,25)11-16/h6-7,9,16,27H,4-5,8,10-12H2,1-3H3,(H,28,29). The molecule has 1 atom stereocenters. The summed E-state index contributed by atoms with van der Waals surface area (Å²) in [6.07, 6.45) is 1.08. The van der Waals surface area contributed by atoms with E-state index in [-0.39, 0.29) is 18.6 Å². The first-order valence-electron chi connectivity index (χ1n) is 10.1. The van der Waals surface area contributed by atoms with Crippen molar-refractivity contribution in [2.45, 2.75) is 64.7 Å². The molecule has 0 aliphatic heterocycles. The molecule has 3 rings (SSSR count). The van der Waals surface area contributed by atoms with Crippen LogP contribution in [-0.4, -0.2) is 33.7 Å². The fraction of sp³-hybridized carbons (Fsp3) is 0.478. The Kier molecular flexibility index (Phi) is 6.29. The molecule has 2 N–H and O–H groups in total. The van der Waals surface area contributed by atoms with Crippen molar-refractivity contribution < 1.29 is 28.5 Å². The molecule has 1 aliphatic rings. The number of hydrogen-bond donors (Lipinski definition) is 2. The van der Waals surface area contributed by atoms with Crippen molar-refractivity contribution in [3.05, 3.63) is 51.8 Å². The van der Waals surface area contributed by atoms with Gasteiger partial charge in [0.1, 0.15) is 11.5 Å². The van der Waals surface area contributed by atoms with Crippen LogP contribution in [0.1, 0.15) is 65.2 Å². The fourth-order valence-electron chi connectivity index (χ4n) is 4.16. The predicted octanol–water partition coefficient (Wildman–Crippen LogP) is 5.06. The van der Waals surface area contributed by atoms with Gasteiger partial charge in [0.15, 0.2) is 6.61 Å². The third kappa shape index (κ3) is 4.89. The number of benzene rings is 1. The first-order valence-corrected chi connectivity index (χ1v) is 10.1. The summed E-state index contributed by atoms with van der Waals surface area (Å²) in [5.41, 5.74) is 4.81. The number of aliphatic carboxylic acids is 1. The minimum atomic E-state index is -2.72. The largest absolute Gasteiger partial charge is 0.506 e. The minimum absolute atomic E-state index is 0.0384. The summed E-state index contributed by atoms with van der Waals surface area (Å²) in [7, 11) is 0. The van der Waals surface area contributed by atoms with E-state index < -0.39 is 24.4 Å². The summed E-state index contributed by atoms with van der Waals surface area (Å²) < 4.78 is 33.1. The topological polar surface area (TPSA) is 79.7 Å². The van der Waals surface area contributed by atoms with Crippen molar-refractivity contribution in [3.8, 4) is 11.5 Å². The van der Waals surface area contributed by atoms with E-state index in [0.29, 0.717) is 36.4 Å². The van der Waals surface area contributed by atoms with Gasteiger partial charge >= 0.3 is 5.97 Å². The lowest BCUT2D eigenvalue weighted by molar-refractivity contribution is -0.139. The Morgan fingerprint density at radius 2 is 2.00 bits per heavy atom. The molecule has 0 saturated heterocycles. The van der Waals surface area contributed by atoms with Crippen LogP contribution < -0.4 is 4.74 Å². The number of nitrogens with zero attached hydrogens (tertiary/aromatic N) is 1. The van der Waals surface area contributed by atoms with Gasteiger partial charge in [0.25, 0.3) is 0 Å². The minimum Gasteiger partial charge on any atom is -0.506 e. The number of ether oxygens (including phenoxy) is 1. The number of halogens is 2. The highest BCUT2D eigenvalue weighted by Crippen LogP contribution is 2.43. The van der Waals surface area contributed by atoms with Crippen LogP contribution in [0.4, 0.5) is 8.78 Å². The first kappa shape index (κ1) is 22.0. The van der Waals surface area contributed by atoms with Gasteiger partial charge in [0, 0.05) is 30.9 Å². The van der Waals surface area contributed by atoms with Gasteiger partial charge in [-0.3, -0.25) is 4.98 Å². The van der Waals surface area contributed by atoms with Gasteiger partial charge in [0.05, 0.1) is 5.69 Å². The van der Waals surface area contributed by atoms with E-state index in [1.165, 1.54) is 6.07 Å². The van der Waals surface area contributed by atoms with E-state index in [1.54, 1.807) is 6.07 Å². The zero-order valence-corrected chi connectivity index (χ0v) is 17.5. The molecule has 5 nitrogen and oxygen atoms in total. The molecule has 1 aromatic carbocycles. The summed E-state index contributed by atoms with van der Waals surface area (Å²) in [6, 6.07) is 5.05. The number of carboxylic acid groups (broad SMARTS) is 1. The van der Waals surface area contributed by atoms with Crippen molar-refractivity contribution in [1.82, 2.24) is 4.98 Å². The van der Waals surface area contributed by atoms with E-state index >= 15 is 0 Å². The molecule has 0 spiro atoms. The molecular weight excluding hydrogens is 392 g/mol. The second-order valence-corrected chi connectivity index (χ2v) is 8.14. The van der Waals surface area contributed by atoms with Crippen LogP contribution in [0, 0.1) is 20.8 Å². The molecule has 0 bridgehead atoms. The second kappa shape index (κ2) is 8.58. The van der Waals surface area contributed by atoms with E-state index in [9.17, 15) is 18.7 Å². The summed E-state index contributed by atoms with van der Waals surface area (Å²) in [5.74, 6) is -3.72. The molecule has 1 heterocycles. The number of aromatic nitrogens is 1. The van der Waals surface area contributed by atoms with Crippen molar-refractivity contribution in [2.24, 2.45) is 0 Å². The Morgan fingerprint density at radius 1 is 1.27 bits per heavy atom. The lowest BCUT2D eigenvalue weighted by Gasteiger charge is -2.29.